The van der Waals surface area contributed by atoms with Crippen molar-refractivity contribution in [3.63, 3.8) is 0 Å². The van der Waals surface area contributed by atoms with Crippen molar-refractivity contribution in [3.05, 3.63) is 170 Å². The number of carbonyl (C=O) groups excluding carboxylic acids is 2. The van der Waals surface area contributed by atoms with Gasteiger partial charge in [-0.2, -0.15) is 0 Å². The highest BCUT2D eigenvalue weighted by molar-refractivity contribution is 5.72. The Kier molecular flexibility index (Phi) is 48.7. The number of unbranched alkanes of at least 4 members (excludes halogenated alkanes) is 5. The van der Waals surface area contributed by atoms with E-state index in [9.17, 15) is 9.59 Å². The van der Waals surface area contributed by atoms with Gasteiger partial charge in [0, 0.05) is 6.61 Å². The summed E-state index contributed by atoms with van der Waals surface area (Å²) in [7, 11) is 0. The van der Waals surface area contributed by atoms with Crippen molar-refractivity contribution in [1.29, 1.82) is 0 Å². The molecule has 0 heterocycles. The molecule has 0 radical (unpaired) electrons. The van der Waals surface area contributed by atoms with E-state index in [0.29, 0.717) is 6.61 Å². The van der Waals surface area contributed by atoms with Crippen LogP contribution in [0.25, 0.3) is 0 Å². The molecule has 5 nitrogen and oxygen atoms in total. The Morgan fingerprint density at radius 3 is 1.05 bits per heavy atom. The largest absolute Gasteiger partial charge is 0.461 e. The normalized spacial score (nSPS) is 13.7. The Morgan fingerprint density at radius 1 is 0.344 bits per heavy atom. The molecule has 0 aromatic rings. The van der Waals surface area contributed by atoms with Crippen LogP contribution in [0.2, 0.25) is 0 Å². The van der Waals surface area contributed by atoms with Gasteiger partial charge in [-0.05, 0) is 109 Å². The summed E-state index contributed by atoms with van der Waals surface area (Å²) < 4.78 is 17.1. The van der Waals surface area contributed by atoms with Gasteiger partial charge in [0.2, 0.25) is 0 Å². The lowest BCUT2D eigenvalue weighted by atomic mass is 10.1. The zero-order chi connectivity index (χ0) is 46.3. The zero-order valence-electron chi connectivity index (χ0n) is 40.5. The first-order valence-corrected chi connectivity index (χ1v) is 24.7. The van der Waals surface area contributed by atoms with Gasteiger partial charge in [0.1, 0.15) is 6.61 Å². The number of carbonyl (C=O) groups is 2. The van der Waals surface area contributed by atoms with Crippen LogP contribution in [0.3, 0.4) is 0 Å². The van der Waals surface area contributed by atoms with E-state index >= 15 is 0 Å². The van der Waals surface area contributed by atoms with Crippen molar-refractivity contribution in [3.8, 4) is 0 Å². The van der Waals surface area contributed by atoms with E-state index in [1.165, 1.54) is 12.8 Å². The quantitative estimate of drug-likeness (QED) is 0.0347. The van der Waals surface area contributed by atoms with Crippen LogP contribution in [0.4, 0.5) is 0 Å². The second-order valence-corrected chi connectivity index (χ2v) is 15.3. The van der Waals surface area contributed by atoms with Crippen molar-refractivity contribution in [2.24, 2.45) is 0 Å². The van der Waals surface area contributed by atoms with Gasteiger partial charge in [0.05, 0.1) is 19.4 Å². The zero-order valence-corrected chi connectivity index (χ0v) is 40.5. The number of esters is 2. The predicted octanol–water partition coefficient (Wildman–Crippen LogP) is 16.9. The van der Waals surface area contributed by atoms with Crippen LogP contribution in [-0.2, 0) is 23.8 Å². The van der Waals surface area contributed by atoms with Gasteiger partial charge in [0.15, 0.2) is 6.10 Å². The van der Waals surface area contributed by atoms with Gasteiger partial charge in [-0.25, -0.2) is 0 Å². The lowest BCUT2D eigenvalue weighted by Crippen LogP contribution is -2.29. The number of allylic oxidation sites excluding steroid dienone is 26. The molecule has 0 saturated heterocycles. The van der Waals surface area contributed by atoms with Crippen LogP contribution in [-0.4, -0.2) is 37.9 Å². The van der Waals surface area contributed by atoms with Crippen LogP contribution in [0.1, 0.15) is 162 Å². The standard InChI is InChI=1S/C59H88O5/c1-4-7-10-13-16-19-22-25-28-29-30-33-36-39-42-45-48-51-54-62-55-57(64-59(61)53-50-47-44-41-38-35-32-27-24-21-18-15-12-9-6-3)56-63-58(60)52-49-46-43-40-37-34-31-26-23-20-17-14-11-8-5-2/h7-12,16-21,25-28,30-33,37-38,40-41,46-47,49-50,57H,4-6,13-15,22-24,29,34-36,39,42-45,48,51-56H2,1-3H3/b10-7-,11-8-,12-9-,19-16-,20-17-,21-18-,28-25-,31-26-,32-27-,33-30-,40-37-,41-38-,49-46-,50-47-. The van der Waals surface area contributed by atoms with E-state index in [1.54, 1.807) is 0 Å². The highest BCUT2D eigenvalue weighted by Gasteiger charge is 2.16. The number of ether oxygens (including phenoxy) is 3. The van der Waals surface area contributed by atoms with Gasteiger partial charge < -0.3 is 14.2 Å². The second kappa shape index (κ2) is 52.6. The monoisotopic (exact) mass is 877 g/mol. The number of hydrogen-bond donors (Lipinski definition) is 0. The maximum absolute atomic E-state index is 12.7. The summed E-state index contributed by atoms with van der Waals surface area (Å²) in [5.74, 6) is -0.720. The minimum absolute atomic E-state index is 0.0295. The van der Waals surface area contributed by atoms with Gasteiger partial charge in [-0.15, -0.1) is 0 Å². The van der Waals surface area contributed by atoms with E-state index in [1.807, 2.05) is 24.3 Å². The Morgan fingerprint density at radius 2 is 0.656 bits per heavy atom. The van der Waals surface area contributed by atoms with Crippen LogP contribution < -0.4 is 0 Å². The van der Waals surface area contributed by atoms with E-state index in [2.05, 4.69) is 167 Å². The highest BCUT2D eigenvalue weighted by atomic mass is 16.6. The van der Waals surface area contributed by atoms with Gasteiger partial charge in [-0.3, -0.25) is 9.59 Å². The molecule has 1 atom stereocenters. The van der Waals surface area contributed by atoms with Crippen molar-refractivity contribution >= 4 is 11.9 Å². The Labute approximate surface area is 392 Å². The molecule has 0 spiro atoms. The summed E-state index contributed by atoms with van der Waals surface area (Å²) in [6.07, 6.45) is 79.8. The van der Waals surface area contributed by atoms with Crippen LogP contribution in [0, 0.1) is 0 Å². The summed E-state index contributed by atoms with van der Waals surface area (Å²) >= 11 is 0. The molecule has 0 amide bonds. The molecular formula is C59H88O5. The summed E-state index contributed by atoms with van der Waals surface area (Å²) in [6.45, 7) is 7.18. The summed E-state index contributed by atoms with van der Waals surface area (Å²) in [5.41, 5.74) is 0. The topological polar surface area (TPSA) is 61.8 Å². The number of hydrogen-bond acceptors (Lipinski definition) is 5. The molecular weight excluding hydrogens is 789 g/mol. The van der Waals surface area contributed by atoms with E-state index in [-0.39, 0.29) is 38.0 Å². The van der Waals surface area contributed by atoms with Gasteiger partial charge in [0.25, 0.3) is 0 Å². The first-order chi connectivity index (χ1) is 31.6. The van der Waals surface area contributed by atoms with Crippen LogP contribution in [0.5, 0.6) is 0 Å². The summed E-state index contributed by atoms with van der Waals surface area (Å²) in [4.78, 5) is 25.2. The average Bonchev–Trinajstić information content (AvgIpc) is 3.30. The minimum atomic E-state index is -0.654. The molecule has 0 rings (SSSR count). The lowest BCUT2D eigenvalue weighted by molar-refractivity contribution is -0.161. The molecule has 0 aliphatic carbocycles. The smallest absolute Gasteiger partial charge is 0.310 e. The van der Waals surface area contributed by atoms with Crippen LogP contribution >= 0.6 is 0 Å². The van der Waals surface area contributed by atoms with Crippen molar-refractivity contribution in [2.45, 2.75) is 168 Å². The van der Waals surface area contributed by atoms with E-state index in [4.69, 9.17) is 14.2 Å². The first-order valence-electron chi connectivity index (χ1n) is 24.7. The van der Waals surface area contributed by atoms with Crippen molar-refractivity contribution in [1.82, 2.24) is 0 Å². The van der Waals surface area contributed by atoms with Crippen molar-refractivity contribution < 1.29 is 23.8 Å². The Hall–Kier alpha value is -4.74. The molecule has 354 valence electrons. The van der Waals surface area contributed by atoms with Crippen molar-refractivity contribution in [2.75, 3.05) is 19.8 Å². The summed E-state index contributed by atoms with van der Waals surface area (Å²) in [5, 5.41) is 0. The predicted molar refractivity (Wildman–Crippen MR) is 278 cm³/mol. The second-order valence-electron chi connectivity index (χ2n) is 15.3. The van der Waals surface area contributed by atoms with Crippen LogP contribution in [0.15, 0.2) is 170 Å². The molecule has 0 aromatic carbocycles. The fraction of sp³-hybridized carbons (Fsp3) is 0.492. The molecule has 64 heavy (non-hydrogen) atoms. The van der Waals surface area contributed by atoms with Gasteiger partial charge in [-0.1, -0.05) is 210 Å². The average molecular weight is 877 g/mol. The molecule has 0 bridgehead atoms. The molecule has 0 aromatic heterocycles. The molecule has 5 heteroatoms. The Balaban J connectivity index is 4.60. The SMILES string of the molecule is CC/C=C\C/C=C\C/C=C\C/C=C\C/C=C\CC(=O)OCC(COCCCCCCC/C=C\C/C=C\C/C=C\C/C=C\CC)OC(=O)C/C=C\C/C=C\C/C=C\C/C=C\C/C=C\CC. The number of rotatable bonds is 42. The first kappa shape index (κ1) is 59.3. The molecule has 0 N–H and O–H groups in total. The maximum Gasteiger partial charge on any atom is 0.310 e. The third kappa shape index (κ3) is 49.9. The lowest BCUT2D eigenvalue weighted by Gasteiger charge is -2.18. The fourth-order valence-electron chi connectivity index (χ4n) is 5.76. The van der Waals surface area contributed by atoms with E-state index < -0.39 is 6.10 Å². The third-order valence-corrected chi connectivity index (χ3v) is 9.29. The molecule has 1 unspecified atom stereocenters. The molecule has 0 fully saturated rings. The molecule has 0 saturated carbocycles. The van der Waals surface area contributed by atoms with Gasteiger partial charge >= 0.3 is 11.9 Å². The maximum atomic E-state index is 12.7. The highest BCUT2D eigenvalue weighted by Crippen LogP contribution is 2.08. The minimum Gasteiger partial charge on any atom is -0.461 e. The molecule has 0 aliphatic rings. The molecule has 0 aliphatic heterocycles. The Bertz CT molecular complexity index is 1500. The summed E-state index contributed by atoms with van der Waals surface area (Å²) in [6, 6.07) is 0. The van der Waals surface area contributed by atoms with E-state index in [0.717, 1.165) is 116 Å². The third-order valence-electron chi connectivity index (χ3n) is 9.29. The fourth-order valence-corrected chi connectivity index (χ4v) is 5.76.